The van der Waals surface area contributed by atoms with E-state index in [1.165, 1.54) is 6.20 Å². The SMILES string of the molecule is CC(C)(CO)NC(=O)c1cn[nH]c1-c1nc2ccccc2[nH]1. The van der Waals surface area contributed by atoms with Gasteiger partial charge >= 0.3 is 0 Å². The first-order valence-corrected chi connectivity index (χ1v) is 6.92. The van der Waals surface area contributed by atoms with Crippen molar-refractivity contribution in [2.24, 2.45) is 0 Å². The summed E-state index contributed by atoms with van der Waals surface area (Å²) in [4.78, 5) is 20.0. The van der Waals surface area contributed by atoms with E-state index in [2.05, 4.69) is 25.5 Å². The Morgan fingerprint density at radius 1 is 1.36 bits per heavy atom. The van der Waals surface area contributed by atoms with E-state index < -0.39 is 5.54 Å². The van der Waals surface area contributed by atoms with Crippen molar-refractivity contribution in [3.8, 4) is 11.5 Å². The second-order valence-electron chi connectivity index (χ2n) is 5.76. The molecule has 0 aliphatic rings. The molecule has 2 aromatic heterocycles. The van der Waals surface area contributed by atoms with E-state index in [9.17, 15) is 9.90 Å². The largest absolute Gasteiger partial charge is 0.394 e. The van der Waals surface area contributed by atoms with Crippen molar-refractivity contribution < 1.29 is 9.90 Å². The molecule has 114 valence electrons. The Labute approximate surface area is 126 Å². The van der Waals surface area contributed by atoms with E-state index in [-0.39, 0.29) is 12.5 Å². The summed E-state index contributed by atoms with van der Waals surface area (Å²) in [7, 11) is 0. The number of aromatic amines is 2. The summed E-state index contributed by atoms with van der Waals surface area (Å²) in [6.07, 6.45) is 1.45. The fourth-order valence-corrected chi connectivity index (χ4v) is 2.12. The van der Waals surface area contributed by atoms with Gasteiger partial charge in [0.1, 0.15) is 5.69 Å². The third-order valence-corrected chi connectivity index (χ3v) is 3.36. The van der Waals surface area contributed by atoms with Gasteiger partial charge in [-0.2, -0.15) is 5.10 Å². The number of amides is 1. The number of benzene rings is 1. The van der Waals surface area contributed by atoms with Gasteiger partial charge in [0.15, 0.2) is 5.82 Å². The second kappa shape index (κ2) is 5.27. The first kappa shape index (κ1) is 14.3. The zero-order valence-corrected chi connectivity index (χ0v) is 12.3. The van der Waals surface area contributed by atoms with Crippen molar-refractivity contribution in [1.29, 1.82) is 0 Å². The molecule has 0 atom stereocenters. The van der Waals surface area contributed by atoms with E-state index in [0.29, 0.717) is 17.1 Å². The third kappa shape index (κ3) is 2.58. The predicted molar refractivity (Wildman–Crippen MR) is 82.3 cm³/mol. The highest BCUT2D eigenvalue weighted by Gasteiger charge is 2.24. The van der Waals surface area contributed by atoms with Gasteiger partial charge in [0.05, 0.1) is 34.9 Å². The van der Waals surface area contributed by atoms with E-state index in [4.69, 9.17) is 0 Å². The van der Waals surface area contributed by atoms with Crippen LogP contribution in [0.3, 0.4) is 0 Å². The first-order chi connectivity index (χ1) is 10.5. The van der Waals surface area contributed by atoms with Crippen LogP contribution >= 0.6 is 0 Å². The monoisotopic (exact) mass is 299 g/mol. The van der Waals surface area contributed by atoms with Crippen molar-refractivity contribution in [3.05, 3.63) is 36.0 Å². The molecule has 7 heteroatoms. The normalized spacial score (nSPS) is 11.8. The van der Waals surface area contributed by atoms with Crippen LogP contribution in [0.5, 0.6) is 0 Å². The van der Waals surface area contributed by atoms with Gasteiger partial charge < -0.3 is 15.4 Å². The average Bonchev–Trinajstić information content (AvgIpc) is 3.12. The Balaban J connectivity index is 1.96. The molecule has 0 unspecified atom stereocenters. The van der Waals surface area contributed by atoms with Gasteiger partial charge in [-0.25, -0.2) is 4.98 Å². The van der Waals surface area contributed by atoms with Crippen LogP contribution in [0.15, 0.2) is 30.5 Å². The topological polar surface area (TPSA) is 107 Å². The highest BCUT2D eigenvalue weighted by Crippen LogP contribution is 2.22. The van der Waals surface area contributed by atoms with Crippen molar-refractivity contribution in [2.75, 3.05) is 6.61 Å². The van der Waals surface area contributed by atoms with Crippen LogP contribution in [0.4, 0.5) is 0 Å². The van der Waals surface area contributed by atoms with Crippen LogP contribution in [0.25, 0.3) is 22.6 Å². The first-order valence-electron chi connectivity index (χ1n) is 6.92. The lowest BCUT2D eigenvalue weighted by molar-refractivity contribution is 0.0870. The molecule has 1 amide bonds. The van der Waals surface area contributed by atoms with Gasteiger partial charge in [-0.1, -0.05) is 12.1 Å². The van der Waals surface area contributed by atoms with Crippen molar-refractivity contribution >= 4 is 16.9 Å². The molecule has 3 rings (SSSR count). The molecule has 4 N–H and O–H groups in total. The number of nitrogens with one attached hydrogen (secondary N) is 3. The quantitative estimate of drug-likeness (QED) is 0.585. The maximum atomic E-state index is 12.4. The van der Waals surface area contributed by atoms with E-state index >= 15 is 0 Å². The molecule has 0 aliphatic heterocycles. The molecule has 3 aromatic rings. The summed E-state index contributed by atoms with van der Waals surface area (Å²) in [6, 6.07) is 7.61. The number of imidazole rings is 1. The van der Waals surface area contributed by atoms with Gasteiger partial charge in [0.2, 0.25) is 0 Å². The molecule has 0 radical (unpaired) electrons. The minimum Gasteiger partial charge on any atom is -0.394 e. The number of aromatic nitrogens is 4. The predicted octanol–water partition coefficient (Wildman–Crippen LogP) is 1.45. The maximum absolute atomic E-state index is 12.4. The third-order valence-electron chi connectivity index (χ3n) is 3.36. The summed E-state index contributed by atoms with van der Waals surface area (Å²) in [5, 5.41) is 18.8. The minimum absolute atomic E-state index is 0.156. The highest BCUT2D eigenvalue weighted by atomic mass is 16.3. The molecular formula is C15H17N5O2. The lowest BCUT2D eigenvalue weighted by Gasteiger charge is -2.23. The van der Waals surface area contributed by atoms with Gasteiger partial charge in [-0.3, -0.25) is 9.89 Å². The molecule has 0 spiro atoms. The lowest BCUT2D eigenvalue weighted by atomic mass is 10.1. The average molecular weight is 299 g/mol. The Hall–Kier alpha value is -2.67. The van der Waals surface area contributed by atoms with Gasteiger partial charge in [0, 0.05) is 0 Å². The molecule has 0 bridgehead atoms. The molecule has 0 fully saturated rings. The lowest BCUT2D eigenvalue weighted by Crippen LogP contribution is -2.46. The van der Waals surface area contributed by atoms with E-state index in [1.54, 1.807) is 13.8 Å². The van der Waals surface area contributed by atoms with E-state index in [1.807, 2.05) is 24.3 Å². The van der Waals surface area contributed by atoms with Crippen LogP contribution in [0.2, 0.25) is 0 Å². The second-order valence-corrected chi connectivity index (χ2v) is 5.76. The summed E-state index contributed by atoms with van der Waals surface area (Å²) in [5.74, 6) is 0.230. The Morgan fingerprint density at radius 3 is 2.86 bits per heavy atom. The van der Waals surface area contributed by atoms with Crippen LogP contribution in [-0.2, 0) is 0 Å². The molecular weight excluding hydrogens is 282 g/mol. The number of H-pyrrole nitrogens is 2. The number of rotatable bonds is 4. The summed E-state index contributed by atoms with van der Waals surface area (Å²) < 4.78 is 0. The number of carbonyl (C=O) groups excluding carboxylic acids is 1. The number of hydrogen-bond donors (Lipinski definition) is 4. The molecule has 0 saturated carbocycles. The number of hydrogen-bond acceptors (Lipinski definition) is 4. The number of aliphatic hydroxyl groups excluding tert-OH is 1. The minimum atomic E-state index is -0.709. The summed E-state index contributed by atoms with van der Waals surface area (Å²) in [5.41, 5.74) is 1.88. The maximum Gasteiger partial charge on any atom is 0.255 e. The number of aliphatic hydroxyl groups is 1. The Kier molecular flexibility index (Phi) is 3.42. The van der Waals surface area contributed by atoms with Gasteiger partial charge in [0.25, 0.3) is 5.91 Å². The molecule has 7 nitrogen and oxygen atoms in total. The van der Waals surface area contributed by atoms with Crippen LogP contribution in [0, 0.1) is 0 Å². The zero-order valence-electron chi connectivity index (χ0n) is 12.3. The summed E-state index contributed by atoms with van der Waals surface area (Å²) >= 11 is 0. The number of fused-ring (bicyclic) bond motifs is 1. The fourth-order valence-electron chi connectivity index (χ4n) is 2.12. The van der Waals surface area contributed by atoms with Crippen molar-refractivity contribution in [3.63, 3.8) is 0 Å². The fraction of sp³-hybridized carbons (Fsp3) is 0.267. The number of carbonyl (C=O) groups is 1. The Morgan fingerprint density at radius 2 is 2.14 bits per heavy atom. The zero-order chi connectivity index (χ0) is 15.7. The van der Waals surface area contributed by atoms with Gasteiger partial charge in [-0.15, -0.1) is 0 Å². The molecule has 0 saturated heterocycles. The van der Waals surface area contributed by atoms with Crippen LogP contribution in [-0.4, -0.2) is 43.3 Å². The smallest absolute Gasteiger partial charge is 0.255 e. The molecule has 0 aliphatic carbocycles. The van der Waals surface area contributed by atoms with Gasteiger partial charge in [-0.05, 0) is 26.0 Å². The highest BCUT2D eigenvalue weighted by molar-refractivity contribution is 6.00. The Bertz CT molecular complexity index is 785. The standard InChI is InChI=1S/C15H17N5O2/c1-15(2,8-21)19-14(22)9-7-16-20-12(9)13-17-10-5-3-4-6-11(10)18-13/h3-7,21H,8H2,1-2H3,(H,16,20)(H,17,18)(H,19,22). The van der Waals surface area contributed by atoms with E-state index in [0.717, 1.165) is 11.0 Å². The molecule has 2 heterocycles. The van der Waals surface area contributed by atoms with Crippen molar-refractivity contribution in [1.82, 2.24) is 25.5 Å². The van der Waals surface area contributed by atoms with Crippen molar-refractivity contribution in [2.45, 2.75) is 19.4 Å². The number of para-hydroxylation sites is 2. The number of nitrogens with zero attached hydrogens (tertiary/aromatic N) is 2. The molecule has 22 heavy (non-hydrogen) atoms. The van der Waals surface area contributed by atoms with Crippen LogP contribution in [0.1, 0.15) is 24.2 Å². The summed E-state index contributed by atoms with van der Waals surface area (Å²) in [6.45, 7) is 3.33. The van der Waals surface area contributed by atoms with Crippen LogP contribution < -0.4 is 5.32 Å². The molecule has 1 aromatic carbocycles.